The molecule has 0 atom stereocenters. The Morgan fingerprint density at radius 1 is 1.22 bits per heavy atom. The molecule has 2 aromatic rings. The van der Waals surface area contributed by atoms with Crippen molar-refractivity contribution in [3.63, 3.8) is 0 Å². The summed E-state index contributed by atoms with van der Waals surface area (Å²) in [6, 6.07) is 10.5. The lowest BCUT2D eigenvalue weighted by Crippen LogP contribution is -1.94. The van der Waals surface area contributed by atoms with Crippen molar-refractivity contribution in [2.75, 3.05) is 5.32 Å². The van der Waals surface area contributed by atoms with Gasteiger partial charge in [0, 0.05) is 11.8 Å². The highest BCUT2D eigenvalue weighted by atomic mass is 35.5. The average Bonchev–Trinajstić information content (AvgIpc) is 2.33. The third kappa shape index (κ3) is 2.99. The highest BCUT2D eigenvalue weighted by Crippen LogP contribution is 2.31. The van der Waals surface area contributed by atoms with Gasteiger partial charge in [-0.1, -0.05) is 17.7 Å². The van der Waals surface area contributed by atoms with E-state index < -0.39 is 0 Å². The highest BCUT2D eigenvalue weighted by Gasteiger charge is 2.05. The number of nitrogens with one attached hydrogen (secondary N) is 1. The first kappa shape index (κ1) is 12.4. The fraction of sp³-hybridized carbons (Fsp3) is 0. The molecule has 0 saturated heterocycles. The van der Waals surface area contributed by atoms with Crippen LogP contribution in [0.25, 0.3) is 0 Å². The Bertz CT molecular complexity index is 575. The molecule has 1 N–H and O–H groups in total. The molecule has 0 radical (unpaired) electrons. The topological polar surface area (TPSA) is 38.3 Å². The third-order valence-corrected chi connectivity index (χ3v) is 2.48. The molecule has 3 nitrogen and oxygen atoms in total. The van der Waals surface area contributed by atoms with E-state index >= 15 is 0 Å². The first-order chi connectivity index (χ1) is 8.69. The Labute approximate surface area is 108 Å². The van der Waals surface area contributed by atoms with Crippen molar-refractivity contribution < 1.29 is 13.9 Å². The molecular formula is C13H9ClFNO2. The van der Waals surface area contributed by atoms with Gasteiger partial charge in [-0.3, -0.25) is 4.79 Å². The van der Waals surface area contributed by atoms with E-state index in [0.29, 0.717) is 28.6 Å². The van der Waals surface area contributed by atoms with E-state index in [2.05, 4.69) is 5.32 Å². The van der Waals surface area contributed by atoms with Crippen LogP contribution in [0.5, 0.6) is 11.5 Å². The molecule has 5 heteroatoms. The lowest BCUT2D eigenvalue weighted by atomic mass is 10.3. The van der Waals surface area contributed by atoms with Gasteiger partial charge in [-0.2, -0.15) is 0 Å². The molecule has 1 amide bonds. The largest absolute Gasteiger partial charge is 0.456 e. The lowest BCUT2D eigenvalue weighted by Gasteiger charge is -2.08. The quantitative estimate of drug-likeness (QED) is 0.853. The molecule has 0 fully saturated rings. The van der Waals surface area contributed by atoms with Crippen molar-refractivity contribution >= 4 is 23.7 Å². The molecule has 2 aromatic carbocycles. The van der Waals surface area contributed by atoms with E-state index in [4.69, 9.17) is 16.3 Å². The number of anilines is 1. The summed E-state index contributed by atoms with van der Waals surface area (Å²) < 4.78 is 18.4. The molecule has 18 heavy (non-hydrogen) atoms. The van der Waals surface area contributed by atoms with Crippen molar-refractivity contribution in [2.45, 2.75) is 0 Å². The van der Waals surface area contributed by atoms with Gasteiger partial charge in [0.2, 0.25) is 6.41 Å². The standard InChI is InChI=1S/C13H9ClFNO2/c14-12-7-10(16-8-17)4-5-13(12)18-11-3-1-2-9(15)6-11/h1-8H,(H,16,17). The number of carbonyl (C=O) groups excluding carboxylic acids is 1. The minimum absolute atomic E-state index is 0.325. The summed E-state index contributed by atoms with van der Waals surface area (Å²) in [5.74, 6) is 0.356. The van der Waals surface area contributed by atoms with Crippen molar-refractivity contribution in [1.29, 1.82) is 0 Å². The van der Waals surface area contributed by atoms with Gasteiger partial charge >= 0.3 is 0 Å². The number of benzene rings is 2. The normalized spacial score (nSPS) is 9.89. The second kappa shape index (κ2) is 5.51. The zero-order valence-corrected chi connectivity index (χ0v) is 9.95. The lowest BCUT2D eigenvalue weighted by molar-refractivity contribution is -0.105. The van der Waals surface area contributed by atoms with E-state index in [1.165, 1.54) is 12.1 Å². The molecule has 0 aliphatic carbocycles. The van der Waals surface area contributed by atoms with Crippen molar-refractivity contribution in [3.05, 3.63) is 53.3 Å². The molecule has 0 saturated carbocycles. The molecule has 92 valence electrons. The third-order valence-electron chi connectivity index (χ3n) is 2.18. The fourth-order valence-electron chi connectivity index (χ4n) is 1.40. The molecule has 0 aliphatic rings. The Hall–Kier alpha value is -2.07. The van der Waals surface area contributed by atoms with Crippen LogP contribution in [0, 0.1) is 5.82 Å². The predicted octanol–water partition coefficient (Wildman–Crippen LogP) is 3.84. The van der Waals surface area contributed by atoms with Crippen LogP contribution in [0.2, 0.25) is 5.02 Å². The van der Waals surface area contributed by atoms with Gasteiger partial charge in [0.05, 0.1) is 5.02 Å². The van der Waals surface area contributed by atoms with Crippen molar-refractivity contribution in [3.8, 4) is 11.5 Å². The van der Waals surface area contributed by atoms with E-state index in [1.54, 1.807) is 30.3 Å². The van der Waals surface area contributed by atoms with Crippen molar-refractivity contribution in [1.82, 2.24) is 0 Å². The first-order valence-electron chi connectivity index (χ1n) is 5.12. The summed E-state index contributed by atoms with van der Waals surface area (Å²) >= 11 is 5.98. The summed E-state index contributed by atoms with van der Waals surface area (Å²) in [5.41, 5.74) is 0.557. The summed E-state index contributed by atoms with van der Waals surface area (Å²) in [4.78, 5) is 10.3. The maximum Gasteiger partial charge on any atom is 0.211 e. The maximum absolute atomic E-state index is 13.0. The van der Waals surface area contributed by atoms with Crippen molar-refractivity contribution in [2.24, 2.45) is 0 Å². The van der Waals surface area contributed by atoms with Crippen LogP contribution in [0.1, 0.15) is 0 Å². The molecule has 0 unspecified atom stereocenters. The minimum atomic E-state index is -0.386. The molecule has 0 aliphatic heterocycles. The summed E-state index contributed by atoms with van der Waals surface area (Å²) in [5, 5.41) is 2.79. The zero-order chi connectivity index (χ0) is 13.0. The monoisotopic (exact) mass is 265 g/mol. The van der Waals surface area contributed by atoms with E-state index in [1.807, 2.05) is 0 Å². The molecule has 0 heterocycles. The van der Waals surface area contributed by atoms with Crippen LogP contribution in [-0.4, -0.2) is 6.41 Å². The predicted molar refractivity (Wildman–Crippen MR) is 67.6 cm³/mol. The van der Waals surface area contributed by atoms with Crippen LogP contribution in [0.4, 0.5) is 10.1 Å². The molecule has 0 spiro atoms. The number of hydrogen-bond acceptors (Lipinski definition) is 2. The fourth-order valence-corrected chi connectivity index (χ4v) is 1.62. The van der Waals surface area contributed by atoms with E-state index in [-0.39, 0.29) is 5.82 Å². The summed E-state index contributed by atoms with van der Waals surface area (Å²) in [6.45, 7) is 0. The summed E-state index contributed by atoms with van der Waals surface area (Å²) in [6.07, 6.45) is 0.554. The Kier molecular flexibility index (Phi) is 3.79. The van der Waals surface area contributed by atoms with Gasteiger partial charge in [0.15, 0.2) is 0 Å². The van der Waals surface area contributed by atoms with Gasteiger partial charge in [-0.05, 0) is 30.3 Å². The van der Waals surface area contributed by atoms with Gasteiger partial charge in [0.25, 0.3) is 0 Å². The van der Waals surface area contributed by atoms with Crippen LogP contribution < -0.4 is 10.1 Å². The first-order valence-corrected chi connectivity index (χ1v) is 5.50. The van der Waals surface area contributed by atoms with E-state index in [9.17, 15) is 9.18 Å². The number of ether oxygens (including phenoxy) is 1. The maximum atomic E-state index is 13.0. The minimum Gasteiger partial charge on any atom is -0.456 e. The number of rotatable bonds is 4. The van der Waals surface area contributed by atoms with E-state index in [0.717, 1.165) is 0 Å². The number of amides is 1. The Morgan fingerprint density at radius 2 is 2.06 bits per heavy atom. The van der Waals surface area contributed by atoms with Crippen LogP contribution >= 0.6 is 11.6 Å². The Morgan fingerprint density at radius 3 is 2.72 bits per heavy atom. The molecular weight excluding hydrogens is 257 g/mol. The Balaban J connectivity index is 2.21. The molecule has 0 aromatic heterocycles. The summed E-state index contributed by atoms with van der Waals surface area (Å²) in [7, 11) is 0. The van der Waals surface area contributed by atoms with Gasteiger partial charge in [-0.15, -0.1) is 0 Å². The van der Waals surface area contributed by atoms with Crippen LogP contribution in [0.15, 0.2) is 42.5 Å². The van der Waals surface area contributed by atoms with Crippen LogP contribution in [-0.2, 0) is 4.79 Å². The van der Waals surface area contributed by atoms with Crippen LogP contribution in [0.3, 0.4) is 0 Å². The van der Waals surface area contributed by atoms with Gasteiger partial charge in [0.1, 0.15) is 17.3 Å². The smallest absolute Gasteiger partial charge is 0.211 e. The SMILES string of the molecule is O=CNc1ccc(Oc2cccc(F)c2)c(Cl)c1. The second-order valence-electron chi connectivity index (χ2n) is 3.47. The molecule has 2 rings (SSSR count). The average molecular weight is 266 g/mol. The zero-order valence-electron chi connectivity index (χ0n) is 9.19. The number of halogens is 2. The van der Waals surface area contributed by atoms with Gasteiger partial charge < -0.3 is 10.1 Å². The molecule has 0 bridgehead atoms. The number of hydrogen-bond donors (Lipinski definition) is 1. The van der Waals surface area contributed by atoms with Gasteiger partial charge in [-0.25, -0.2) is 4.39 Å². The second-order valence-corrected chi connectivity index (χ2v) is 3.87. The highest BCUT2D eigenvalue weighted by molar-refractivity contribution is 6.32. The number of carbonyl (C=O) groups is 1.